The van der Waals surface area contributed by atoms with Gasteiger partial charge in [0.2, 0.25) is 17.4 Å². The van der Waals surface area contributed by atoms with Crippen LogP contribution in [-0.4, -0.2) is 117 Å². The molecular weight excluding hydrogens is 534 g/mol. The number of fused-ring (bicyclic) bond motifs is 1. The Morgan fingerprint density at radius 1 is 1.29 bits per heavy atom. The number of ether oxygens (including phenoxy) is 1. The van der Waals surface area contributed by atoms with Gasteiger partial charge in [-0.05, 0) is 24.8 Å². The van der Waals surface area contributed by atoms with E-state index in [4.69, 9.17) is 16.2 Å². The first-order chi connectivity index (χ1) is 19.3. The average molecular weight is 571 g/mol. The number of likely N-dealkylation sites (N-methyl/N-ethyl adjacent to an activating group) is 1. The fourth-order valence-electron chi connectivity index (χ4n) is 6.71. The number of carbonyl (C=O) groups excluding carboxylic acids is 3. The fourth-order valence-corrected chi connectivity index (χ4v) is 6.71. The summed E-state index contributed by atoms with van der Waals surface area (Å²) in [5.74, 6) is -3.15. The van der Waals surface area contributed by atoms with Crippen molar-refractivity contribution in [3.63, 3.8) is 0 Å². The van der Waals surface area contributed by atoms with Gasteiger partial charge in [0.05, 0.1) is 25.3 Å². The molecule has 5 aliphatic rings. The lowest BCUT2D eigenvalue weighted by Gasteiger charge is -2.44. The molecule has 15 nitrogen and oxygen atoms in total. The number of hydrogen-bond donors (Lipinski definition) is 7. The Kier molecular flexibility index (Phi) is 5.91. The first-order valence-electron chi connectivity index (χ1n) is 13.7. The summed E-state index contributed by atoms with van der Waals surface area (Å²) < 4.78 is 7.36. The number of nitrogens with zero attached hydrogens (tertiary/aromatic N) is 4. The van der Waals surface area contributed by atoms with E-state index >= 15 is 0 Å². The topological polar surface area (TPSA) is 211 Å². The maximum absolute atomic E-state index is 13.6. The SMILES string of the molecule is CCN1CC(=O)N(C[C@@H]2NC(N)=[N+]3CC(NC(=O)c4cccc5c4OCCC5(C)C)C(O)(O)C34NC(N)=NC24)C1=O. The van der Waals surface area contributed by atoms with E-state index in [1.807, 2.05) is 6.07 Å². The maximum atomic E-state index is 13.6. The Labute approximate surface area is 236 Å². The molecule has 4 amide bonds. The largest absolute Gasteiger partial charge is 0.492 e. The second-order valence-electron chi connectivity index (χ2n) is 11.8. The number of para-hydroxylation sites is 1. The molecule has 5 aliphatic heterocycles. The minimum atomic E-state index is -2.65. The number of aliphatic imine (C=N–C) groups is 1. The van der Waals surface area contributed by atoms with Crippen molar-refractivity contribution in [3.05, 3.63) is 29.3 Å². The van der Waals surface area contributed by atoms with Crippen molar-refractivity contribution < 1.29 is 33.9 Å². The van der Waals surface area contributed by atoms with Gasteiger partial charge in [-0.1, -0.05) is 26.0 Å². The van der Waals surface area contributed by atoms with Gasteiger partial charge in [-0.2, -0.15) is 0 Å². The van der Waals surface area contributed by atoms with E-state index in [1.165, 1.54) is 9.48 Å². The number of carbonyl (C=O) groups is 3. The van der Waals surface area contributed by atoms with Crippen molar-refractivity contribution in [2.45, 2.75) is 62.2 Å². The van der Waals surface area contributed by atoms with Gasteiger partial charge < -0.3 is 36.2 Å². The van der Waals surface area contributed by atoms with Crippen LogP contribution in [0.1, 0.15) is 43.1 Å². The summed E-state index contributed by atoms with van der Waals surface area (Å²) in [7, 11) is 0. The molecule has 1 aromatic carbocycles. The second kappa shape index (κ2) is 8.94. The summed E-state index contributed by atoms with van der Waals surface area (Å²) >= 11 is 0. The summed E-state index contributed by atoms with van der Waals surface area (Å²) in [6, 6.07) is 1.81. The molecule has 4 atom stereocenters. The molecule has 1 spiro atoms. The van der Waals surface area contributed by atoms with Crippen molar-refractivity contribution in [1.29, 1.82) is 0 Å². The van der Waals surface area contributed by atoms with Crippen LogP contribution >= 0.6 is 0 Å². The van der Waals surface area contributed by atoms with Crippen LogP contribution in [0.3, 0.4) is 0 Å². The summed E-state index contributed by atoms with van der Waals surface area (Å²) in [5.41, 5.74) is 11.7. The van der Waals surface area contributed by atoms with Crippen LogP contribution in [0.2, 0.25) is 0 Å². The molecule has 2 saturated heterocycles. The van der Waals surface area contributed by atoms with E-state index in [1.54, 1.807) is 19.1 Å². The first kappa shape index (κ1) is 27.1. The highest BCUT2D eigenvalue weighted by molar-refractivity contribution is 6.02. The molecule has 9 N–H and O–H groups in total. The molecule has 15 heteroatoms. The number of nitrogens with one attached hydrogen (secondary N) is 3. The Balaban J connectivity index is 1.31. The predicted molar refractivity (Wildman–Crippen MR) is 145 cm³/mol. The lowest BCUT2D eigenvalue weighted by atomic mass is 9.79. The van der Waals surface area contributed by atoms with Crippen LogP contribution in [0.25, 0.3) is 0 Å². The van der Waals surface area contributed by atoms with Crippen molar-refractivity contribution in [2.24, 2.45) is 16.5 Å². The molecule has 1 aromatic rings. The molecule has 0 bridgehead atoms. The van der Waals surface area contributed by atoms with Crippen LogP contribution < -0.4 is 32.2 Å². The summed E-state index contributed by atoms with van der Waals surface area (Å²) in [6.45, 7) is 6.47. The van der Waals surface area contributed by atoms with E-state index in [2.05, 4.69) is 34.8 Å². The third-order valence-electron chi connectivity index (χ3n) is 9.02. The molecular formula is C26H36N9O6+. The Bertz CT molecular complexity index is 1410. The van der Waals surface area contributed by atoms with Crippen LogP contribution in [0, 0.1) is 0 Å². The van der Waals surface area contributed by atoms with E-state index < -0.39 is 41.5 Å². The molecule has 2 fully saturated rings. The van der Waals surface area contributed by atoms with Gasteiger partial charge in [0.1, 0.15) is 30.4 Å². The van der Waals surface area contributed by atoms with Gasteiger partial charge in [0.25, 0.3) is 5.91 Å². The zero-order valence-corrected chi connectivity index (χ0v) is 23.2. The monoisotopic (exact) mass is 570 g/mol. The minimum absolute atomic E-state index is 0.0430. The lowest BCUT2D eigenvalue weighted by molar-refractivity contribution is -0.623. The molecule has 0 saturated carbocycles. The normalized spacial score (nSPS) is 31.0. The molecule has 41 heavy (non-hydrogen) atoms. The summed E-state index contributed by atoms with van der Waals surface area (Å²) in [4.78, 5) is 45.9. The Morgan fingerprint density at radius 3 is 2.76 bits per heavy atom. The number of hydrogen-bond acceptors (Lipinski definition) is 11. The van der Waals surface area contributed by atoms with Crippen molar-refractivity contribution in [2.75, 3.05) is 32.8 Å². The van der Waals surface area contributed by atoms with Crippen molar-refractivity contribution in [1.82, 2.24) is 25.8 Å². The molecule has 0 aromatic heterocycles. The summed E-state index contributed by atoms with van der Waals surface area (Å²) in [5, 5.41) is 32.2. The first-order valence-corrected chi connectivity index (χ1v) is 13.7. The lowest BCUT2D eigenvalue weighted by Crippen LogP contribution is -2.79. The molecule has 220 valence electrons. The highest BCUT2D eigenvalue weighted by atomic mass is 16.5. The van der Waals surface area contributed by atoms with Crippen LogP contribution in [0.4, 0.5) is 4.79 Å². The number of aliphatic hydroxyl groups is 2. The Morgan fingerprint density at radius 2 is 2.05 bits per heavy atom. The van der Waals surface area contributed by atoms with Gasteiger partial charge in [-0.3, -0.25) is 25.5 Å². The van der Waals surface area contributed by atoms with E-state index in [9.17, 15) is 24.6 Å². The number of nitrogens with two attached hydrogens (primary N) is 2. The maximum Gasteiger partial charge on any atom is 0.346 e. The van der Waals surface area contributed by atoms with Gasteiger partial charge >= 0.3 is 12.0 Å². The molecule has 0 radical (unpaired) electrons. The average Bonchev–Trinajstić information content (AvgIpc) is 3.49. The highest BCUT2D eigenvalue weighted by Crippen LogP contribution is 2.43. The molecule has 0 aliphatic carbocycles. The van der Waals surface area contributed by atoms with Gasteiger partial charge in [0.15, 0.2) is 5.96 Å². The number of guanidine groups is 2. The number of benzene rings is 1. The number of imide groups is 1. The number of urea groups is 1. The van der Waals surface area contributed by atoms with Crippen LogP contribution in [0.15, 0.2) is 23.2 Å². The third kappa shape index (κ3) is 3.75. The van der Waals surface area contributed by atoms with Crippen molar-refractivity contribution >= 4 is 29.8 Å². The van der Waals surface area contributed by atoms with Crippen LogP contribution in [-0.2, 0) is 10.2 Å². The smallest absolute Gasteiger partial charge is 0.346 e. The zero-order valence-electron chi connectivity index (χ0n) is 23.2. The van der Waals surface area contributed by atoms with Gasteiger partial charge in [-0.25, -0.2) is 14.4 Å². The third-order valence-corrected chi connectivity index (χ3v) is 9.02. The molecule has 3 unspecified atom stereocenters. The molecule has 6 rings (SSSR count). The standard InChI is InChI=1S/C26H35N9O6/c1-4-33-12-17(36)34(23(33)38)10-15-19-25(32-21(27)31-19)26(39,40)16(11-35(25)22(28)29-15)30-20(37)13-6-5-7-14-18(13)41-9-8-24(14,2)3/h5-7,15-16,19,39-40H,4,8-12H2,1-3H3,(H6,27,28,29,30,31,32,37)/p+1/t15-,16?,19?,25?/m0/s1. The molecule has 5 heterocycles. The quantitative estimate of drug-likeness (QED) is 0.109. The van der Waals surface area contributed by atoms with Gasteiger partial charge in [0, 0.05) is 12.1 Å². The van der Waals surface area contributed by atoms with E-state index in [0.29, 0.717) is 18.9 Å². The Hall–Kier alpha value is -4.11. The predicted octanol–water partition coefficient (Wildman–Crippen LogP) is -2.89. The van der Waals surface area contributed by atoms with E-state index in [-0.39, 0.29) is 48.4 Å². The second-order valence-corrected chi connectivity index (χ2v) is 11.8. The zero-order chi connectivity index (χ0) is 29.5. The van der Waals surface area contributed by atoms with Gasteiger partial charge in [-0.15, -0.1) is 0 Å². The minimum Gasteiger partial charge on any atom is -0.492 e. The number of amides is 4. The number of rotatable bonds is 5. The van der Waals surface area contributed by atoms with Crippen LogP contribution in [0.5, 0.6) is 5.75 Å². The summed E-state index contributed by atoms with van der Waals surface area (Å²) in [6.07, 6.45) is 0.796. The van der Waals surface area contributed by atoms with E-state index in [0.717, 1.165) is 16.9 Å². The van der Waals surface area contributed by atoms with Crippen molar-refractivity contribution in [3.8, 4) is 5.75 Å². The highest BCUT2D eigenvalue weighted by Gasteiger charge is 2.75. The fraction of sp³-hybridized carbons (Fsp3) is 0.577.